The predicted octanol–water partition coefficient (Wildman–Crippen LogP) is 4.39. The van der Waals surface area contributed by atoms with Crippen LogP contribution in [0.2, 0.25) is 5.02 Å². The molecule has 1 N–H and O–H groups in total. The summed E-state index contributed by atoms with van der Waals surface area (Å²) in [6, 6.07) is 6.78. The van der Waals surface area contributed by atoms with Crippen molar-refractivity contribution in [1.82, 2.24) is 0 Å². The van der Waals surface area contributed by atoms with Crippen LogP contribution in [0.15, 0.2) is 18.2 Å². The van der Waals surface area contributed by atoms with Gasteiger partial charge < -0.3 is 5.32 Å². The number of anilines is 1. The van der Waals surface area contributed by atoms with E-state index in [0.29, 0.717) is 6.04 Å². The smallest absolute Gasteiger partial charge is 0.0637 e. The van der Waals surface area contributed by atoms with Crippen molar-refractivity contribution >= 4 is 17.3 Å². The minimum Gasteiger partial charge on any atom is -0.381 e. The van der Waals surface area contributed by atoms with Gasteiger partial charge in [0.1, 0.15) is 0 Å². The van der Waals surface area contributed by atoms with Gasteiger partial charge in [-0.3, -0.25) is 0 Å². The van der Waals surface area contributed by atoms with Crippen LogP contribution in [0, 0.1) is 6.92 Å². The third-order valence-electron chi connectivity index (χ3n) is 3.09. The van der Waals surface area contributed by atoms with Gasteiger partial charge in [-0.2, -0.15) is 0 Å². The lowest BCUT2D eigenvalue weighted by molar-refractivity contribution is 0.463. The van der Waals surface area contributed by atoms with Crippen LogP contribution < -0.4 is 5.32 Å². The fourth-order valence-electron chi connectivity index (χ4n) is 2.22. The van der Waals surface area contributed by atoms with Crippen LogP contribution in [0.1, 0.15) is 37.7 Å². The number of hydrogen-bond donors (Lipinski definition) is 1. The normalized spacial score (nSPS) is 17.7. The first kappa shape index (κ1) is 10.8. The van der Waals surface area contributed by atoms with Gasteiger partial charge in [-0.1, -0.05) is 36.9 Å². The lowest BCUT2D eigenvalue weighted by Gasteiger charge is -2.24. The van der Waals surface area contributed by atoms with Gasteiger partial charge in [0.2, 0.25) is 0 Å². The summed E-state index contributed by atoms with van der Waals surface area (Å²) < 4.78 is 0. The summed E-state index contributed by atoms with van der Waals surface area (Å²) in [5.41, 5.74) is 2.36. The van der Waals surface area contributed by atoms with Crippen molar-refractivity contribution < 1.29 is 0 Å². The average molecular weight is 224 g/mol. The second-order valence-electron chi connectivity index (χ2n) is 4.46. The van der Waals surface area contributed by atoms with Gasteiger partial charge in [0.05, 0.1) is 10.7 Å². The van der Waals surface area contributed by atoms with Crippen molar-refractivity contribution in [2.45, 2.75) is 45.1 Å². The summed E-state index contributed by atoms with van der Waals surface area (Å²) in [4.78, 5) is 0. The second-order valence-corrected chi connectivity index (χ2v) is 4.87. The Balaban J connectivity index is 2.05. The second kappa shape index (κ2) is 4.89. The molecule has 1 nitrogen and oxygen atoms in total. The molecule has 82 valence electrons. The molecule has 1 aromatic carbocycles. The Kier molecular flexibility index (Phi) is 3.53. The van der Waals surface area contributed by atoms with Crippen molar-refractivity contribution in [3.8, 4) is 0 Å². The quantitative estimate of drug-likeness (QED) is 0.784. The van der Waals surface area contributed by atoms with Crippen molar-refractivity contribution in [3.05, 3.63) is 28.8 Å². The van der Waals surface area contributed by atoms with E-state index in [0.717, 1.165) is 10.7 Å². The largest absolute Gasteiger partial charge is 0.381 e. The van der Waals surface area contributed by atoms with E-state index in [1.165, 1.54) is 37.7 Å². The molecule has 0 amide bonds. The van der Waals surface area contributed by atoms with E-state index in [2.05, 4.69) is 18.3 Å². The molecule has 1 aliphatic carbocycles. The average Bonchev–Trinajstić information content (AvgIpc) is 2.25. The Bertz CT molecular complexity index is 329. The zero-order chi connectivity index (χ0) is 10.7. The zero-order valence-corrected chi connectivity index (χ0v) is 9.98. The lowest BCUT2D eigenvalue weighted by atomic mass is 9.95. The fraction of sp³-hybridized carbons (Fsp3) is 0.538. The Labute approximate surface area is 96.8 Å². The van der Waals surface area contributed by atoms with Crippen molar-refractivity contribution in [3.63, 3.8) is 0 Å². The number of aryl methyl sites for hydroxylation is 1. The van der Waals surface area contributed by atoms with Crippen LogP contribution in [0.4, 0.5) is 5.69 Å². The number of rotatable bonds is 2. The van der Waals surface area contributed by atoms with E-state index >= 15 is 0 Å². The summed E-state index contributed by atoms with van der Waals surface area (Å²) in [5, 5.41) is 4.40. The lowest BCUT2D eigenvalue weighted by Crippen LogP contribution is -2.22. The molecular weight excluding hydrogens is 206 g/mol. The van der Waals surface area contributed by atoms with Gasteiger partial charge in [-0.25, -0.2) is 0 Å². The molecule has 15 heavy (non-hydrogen) atoms. The Morgan fingerprint density at radius 2 is 1.93 bits per heavy atom. The molecule has 0 saturated heterocycles. The molecule has 1 aromatic rings. The SMILES string of the molecule is Cc1ccc(Cl)c(NC2CCCCC2)c1. The van der Waals surface area contributed by atoms with Gasteiger partial charge in [0.15, 0.2) is 0 Å². The minimum absolute atomic E-state index is 0.623. The molecule has 1 saturated carbocycles. The highest BCUT2D eigenvalue weighted by Gasteiger charge is 2.13. The summed E-state index contributed by atoms with van der Waals surface area (Å²) in [6.45, 7) is 2.10. The van der Waals surface area contributed by atoms with Crippen molar-refractivity contribution in [1.29, 1.82) is 0 Å². The molecule has 0 unspecified atom stereocenters. The molecule has 1 fully saturated rings. The van der Waals surface area contributed by atoms with Gasteiger partial charge in [-0.15, -0.1) is 0 Å². The highest BCUT2D eigenvalue weighted by Crippen LogP contribution is 2.27. The zero-order valence-electron chi connectivity index (χ0n) is 9.22. The fourth-order valence-corrected chi connectivity index (χ4v) is 2.39. The number of hydrogen-bond acceptors (Lipinski definition) is 1. The third-order valence-corrected chi connectivity index (χ3v) is 3.42. The van der Waals surface area contributed by atoms with Crippen LogP contribution in [-0.4, -0.2) is 6.04 Å². The first-order valence-electron chi connectivity index (χ1n) is 5.78. The van der Waals surface area contributed by atoms with Crippen molar-refractivity contribution in [2.75, 3.05) is 5.32 Å². The van der Waals surface area contributed by atoms with E-state index in [1.54, 1.807) is 0 Å². The minimum atomic E-state index is 0.623. The standard InChI is InChI=1S/C13H18ClN/c1-10-7-8-12(14)13(9-10)15-11-5-3-2-4-6-11/h7-9,11,15H,2-6H2,1H3. The van der Waals surface area contributed by atoms with E-state index in [4.69, 9.17) is 11.6 Å². The Hall–Kier alpha value is -0.690. The first-order chi connectivity index (χ1) is 7.25. The Morgan fingerprint density at radius 3 is 2.67 bits per heavy atom. The summed E-state index contributed by atoms with van der Waals surface area (Å²) >= 11 is 6.15. The molecule has 0 radical (unpaired) electrons. The van der Waals surface area contributed by atoms with E-state index < -0.39 is 0 Å². The molecule has 1 aliphatic rings. The molecule has 2 rings (SSSR count). The molecule has 0 heterocycles. The van der Waals surface area contributed by atoms with Gasteiger partial charge >= 0.3 is 0 Å². The molecule has 0 bridgehead atoms. The molecular formula is C13H18ClN. The van der Waals surface area contributed by atoms with Crippen LogP contribution in [-0.2, 0) is 0 Å². The molecule has 0 aliphatic heterocycles. The number of halogens is 1. The highest BCUT2D eigenvalue weighted by molar-refractivity contribution is 6.33. The van der Waals surface area contributed by atoms with E-state index in [9.17, 15) is 0 Å². The topological polar surface area (TPSA) is 12.0 Å². The van der Waals surface area contributed by atoms with E-state index in [1.807, 2.05) is 12.1 Å². The molecule has 0 spiro atoms. The monoisotopic (exact) mass is 223 g/mol. The molecule has 0 aromatic heterocycles. The highest BCUT2D eigenvalue weighted by atomic mass is 35.5. The molecule has 0 atom stereocenters. The number of benzene rings is 1. The summed E-state index contributed by atoms with van der Waals surface area (Å²) in [5.74, 6) is 0. The van der Waals surface area contributed by atoms with Crippen LogP contribution >= 0.6 is 11.6 Å². The predicted molar refractivity (Wildman–Crippen MR) is 66.7 cm³/mol. The van der Waals surface area contributed by atoms with Gasteiger partial charge in [0, 0.05) is 6.04 Å². The maximum absolute atomic E-state index is 6.15. The Morgan fingerprint density at radius 1 is 1.20 bits per heavy atom. The van der Waals surface area contributed by atoms with E-state index in [-0.39, 0.29) is 0 Å². The van der Waals surface area contributed by atoms with Gasteiger partial charge in [-0.05, 0) is 37.5 Å². The maximum Gasteiger partial charge on any atom is 0.0637 e. The van der Waals surface area contributed by atoms with Crippen molar-refractivity contribution in [2.24, 2.45) is 0 Å². The first-order valence-corrected chi connectivity index (χ1v) is 6.16. The summed E-state index contributed by atoms with van der Waals surface area (Å²) in [6.07, 6.45) is 6.65. The van der Waals surface area contributed by atoms with Crippen LogP contribution in [0.3, 0.4) is 0 Å². The van der Waals surface area contributed by atoms with Crippen LogP contribution in [0.5, 0.6) is 0 Å². The van der Waals surface area contributed by atoms with Crippen LogP contribution in [0.25, 0.3) is 0 Å². The van der Waals surface area contributed by atoms with Gasteiger partial charge in [0.25, 0.3) is 0 Å². The number of nitrogens with one attached hydrogen (secondary N) is 1. The summed E-state index contributed by atoms with van der Waals surface area (Å²) in [7, 11) is 0. The molecule has 2 heteroatoms. The third kappa shape index (κ3) is 2.88. The maximum atomic E-state index is 6.15.